The van der Waals surface area contributed by atoms with Crippen molar-refractivity contribution in [1.29, 1.82) is 0 Å². The van der Waals surface area contributed by atoms with Gasteiger partial charge in [0.1, 0.15) is 5.70 Å². The van der Waals surface area contributed by atoms with E-state index in [2.05, 4.69) is 30.4 Å². The molecule has 2 heterocycles. The number of hydrogen-bond acceptors (Lipinski definition) is 4. The Morgan fingerprint density at radius 1 is 1.57 bits per heavy atom. The summed E-state index contributed by atoms with van der Waals surface area (Å²) in [4.78, 5) is 10.5. The lowest BCUT2D eigenvalue weighted by atomic mass is 10.2. The van der Waals surface area contributed by atoms with Crippen molar-refractivity contribution >= 4 is 12.2 Å². The van der Waals surface area contributed by atoms with Crippen molar-refractivity contribution in [2.24, 2.45) is 15.7 Å². The molecule has 2 aliphatic rings. The molecule has 0 saturated carbocycles. The summed E-state index contributed by atoms with van der Waals surface area (Å²) in [5.41, 5.74) is 8.53. The van der Waals surface area contributed by atoms with E-state index >= 15 is 0 Å². The summed E-state index contributed by atoms with van der Waals surface area (Å²) in [6, 6.07) is 0.260. The Kier molecular flexibility index (Phi) is 1.91. The van der Waals surface area contributed by atoms with Crippen molar-refractivity contribution in [2.75, 3.05) is 0 Å². The van der Waals surface area contributed by atoms with Gasteiger partial charge in [-0.1, -0.05) is 6.58 Å². The minimum atomic E-state index is 0.260. The molecule has 0 spiro atoms. The van der Waals surface area contributed by atoms with Crippen LogP contribution >= 0.6 is 0 Å². The fourth-order valence-corrected chi connectivity index (χ4v) is 1.75. The summed E-state index contributed by atoms with van der Waals surface area (Å²) in [6.45, 7) is 8.11. The van der Waals surface area contributed by atoms with Crippen LogP contribution in [0.5, 0.6) is 0 Å². The van der Waals surface area contributed by atoms with E-state index < -0.39 is 0 Å². The molecule has 0 radical (unpaired) electrons. The second kappa shape index (κ2) is 2.97. The molecule has 74 valence electrons. The molecule has 2 rings (SSSR count). The van der Waals surface area contributed by atoms with Crippen LogP contribution in [0, 0.1) is 0 Å². The molecular weight excluding hydrogens is 176 g/mol. The third-order valence-electron chi connectivity index (χ3n) is 2.36. The summed E-state index contributed by atoms with van der Waals surface area (Å²) < 4.78 is 0. The van der Waals surface area contributed by atoms with Gasteiger partial charge in [-0.2, -0.15) is 0 Å². The van der Waals surface area contributed by atoms with Gasteiger partial charge in [0.15, 0.2) is 0 Å². The zero-order valence-corrected chi connectivity index (χ0v) is 8.49. The largest absolute Gasteiger partial charge is 0.369 e. The zero-order valence-electron chi connectivity index (χ0n) is 8.49. The molecule has 0 aromatic carbocycles. The molecule has 0 aromatic heterocycles. The highest BCUT2D eigenvalue weighted by atomic mass is 15.3. The smallest absolute Gasteiger partial charge is 0.201 e. The van der Waals surface area contributed by atoms with Gasteiger partial charge in [0, 0.05) is 18.7 Å². The number of nitrogens with zero attached hydrogens (tertiary/aromatic N) is 3. The Labute approximate surface area is 83.5 Å². The zero-order chi connectivity index (χ0) is 10.3. The van der Waals surface area contributed by atoms with Gasteiger partial charge in [-0.3, -0.25) is 4.99 Å². The average molecular weight is 190 g/mol. The standard InChI is InChI=1S/C10H14N4/c1-6(2)14-7(3)9-8(4-5-12-9)13-10(14)11/h5-6H,3-4H2,1-2H3,(H2,11,13). The highest BCUT2D eigenvalue weighted by Crippen LogP contribution is 2.30. The summed E-state index contributed by atoms with van der Waals surface area (Å²) in [6.07, 6.45) is 2.61. The number of hydrogen-bond donors (Lipinski definition) is 1. The van der Waals surface area contributed by atoms with Gasteiger partial charge in [-0.25, -0.2) is 4.99 Å². The number of allylic oxidation sites excluding steroid dienone is 1. The molecule has 2 N–H and O–H groups in total. The maximum Gasteiger partial charge on any atom is 0.201 e. The first-order valence-electron chi connectivity index (χ1n) is 4.69. The van der Waals surface area contributed by atoms with E-state index in [9.17, 15) is 0 Å². The van der Waals surface area contributed by atoms with Crippen LogP contribution in [-0.2, 0) is 0 Å². The third kappa shape index (κ3) is 1.14. The lowest BCUT2D eigenvalue weighted by molar-refractivity contribution is 0.422. The lowest BCUT2D eigenvalue weighted by Gasteiger charge is -2.32. The molecule has 0 amide bonds. The van der Waals surface area contributed by atoms with E-state index in [1.54, 1.807) is 0 Å². The van der Waals surface area contributed by atoms with Crippen LogP contribution in [0.1, 0.15) is 20.3 Å². The van der Waals surface area contributed by atoms with Gasteiger partial charge >= 0.3 is 0 Å². The van der Waals surface area contributed by atoms with Crippen LogP contribution < -0.4 is 5.73 Å². The van der Waals surface area contributed by atoms with Crippen molar-refractivity contribution in [3.05, 3.63) is 23.7 Å². The van der Waals surface area contributed by atoms with Crippen LogP contribution in [0.2, 0.25) is 0 Å². The quantitative estimate of drug-likeness (QED) is 0.676. The Hall–Kier alpha value is -1.58. The van der Waals surface area contributed by atoms with Crippen molar-refractivity contribution in [3.8, 4) is 0 Å². The van der Waals surface area contributed by atoms with Crippen molar-refractivity contribution in [2.45, 2.75) is 26.3 Å². The van der Waals surface area contributed by atoms with Crippen LogP contribution in [0.25, 0.3) is 0 Å². The van der Waals surface area contributed by atoms with Crippen LogP contribution in [0.15, 0.2) is 33.7 Å². The summed E-state index contributed by atoms with van der Waals surface area (Å²) in [7, 11) is 0. The Bertz CT molecular complexity index is 374. The Balaban J connectivity index is 2.41. The molecule has 0 bridgehead atoms. The number of rotatable bonds is 1. The molecule has 2 aliphatic heterocycles. The van der Waals surface area contributed by atoms with Gasteiger partial charge < -0.3 is 10.6 Å². The average Bonchev–Trinajstić information content (AvgIpc) is 2.50. The van der Waals surface area contributed by atoms with E-state index in [1.807, 2.05) is 11.1 Å². The topological polar surface area (TPSA) is 54.0 Å². The molecule has 0 unspecified atom stereocenters. The van der Waals surface area contributed by atoms with Gasteiger partial charge in [0.2, 0.25) is 5.96 Å². The molecule has 0 aromatic rings. The molecule has 4 nitrogen and oxygen atoms in total. The van der Waals surface area contributed by atoms with E-state index in [0.29, 0.717) is 5.96 Å². The van der Waals surface area contributed by atoms with E-state index in [-0.39, 0.29) is 6.04 Å². The third-order valence-corrected chi connectivity index (χ3v) is 2.36. The lowest BCUT2D eigenvalue weighted by Crippen LogP contribution is -2.43. The van der Waals surface area contributed by atoms with E-state index in [1.165, 1.54) is 0 Å². The van der Waals surface area contributed by atoms with E-state index in [4.69, 9.17) is 5.73 Å². The number of guanidine groups is 1. The van der Waals surface area contributed by atoms with Crippen LogP contribution in [-0.4, -0.2) is 23.1 Å². The monoisotopic (exact) mass is 190 g/mol. The first-order chi connectivity index (χ1) is 6.61. The van der Waals surface area contributed by atoms with Crippen molar-refractivity contribution < 1.29 is 0 Å². The second-order valence-electron chi connectivity index (χ2n) is 3.69. The number of nitrogens with two attached hydrogens (primary N) is 1. The minimum absolute atomic E-state index is 0.260. The van der Waals surface area contributed by atoms with Gasteiger partial charge in [-0.15, -0.1) is 0 Å². The maximum atomic E-state index is 5.85. The molecule has 4 heteroatoms. The minimum Gasteiger partial charge on any atom is -0.369 e. The highest BCUT2D eigenvalue weighted by molar-refractivity contribution is 5.86. The predicted molar refractivity (Wildman–Crippen MR) is 57.9 cm³/mol. The summed E-state index contributed by atoms with van der Waals surface area (Å²) in [5.74, 6) is 0.522. The van der Waals surface area contributed by atoms with E-state index in [0.717, 1.165) is 23.5 Å². The summed E-state index contributed by atoms with van der Waals surface area (Å²) >= 11 is 0. The maximum absolute atomic E-state index is 5.85. The fourth-order valence-electron chi connectivity index (χ4n) is 1.75. The molecule has 0 aliphatic carbocycles. The van der Waals surface area contributed by atoms with Crippen LogP contribution in [0.4, 0.5) is 0 Å². The van der Waals surface area contributed by atoms with Gasteiger partial charge in [0.25, 0.3) is 0 Å². The molecule has 0 saturated heterocycles. The predicted octanol–water partition coefficient (Wildman–Crippen LogP) is 1.22. The normalized spacial score (nSPS) is 20.6. The molecule has 0 fully saturated rings. The first kappa shape index (κ1) is 8.99. The van der Waals surface area contributed by atoms with Gasteiger partial charge in [-0.05, 0) is 13.8 Å². The Morgan fingerprint density at radius 3 is 2.93 bits per heavy atom. The fraction of sp³-hybridized carbons (Fsp3) is 0.400. The number of aliphatic imine (C=N–C) groups is 2. The SMILES string of the molecule is C=C1C2=C(CC=N2)N=C(N)N1C(C)C. The molecule has 14 heavy (non-hydrogen) atoms. The molecule has 0 atom stereocenters. The highest BCUT2D eigenvalue weighted by Gasteiger charge is 2.27. The summed E-state index contributed by atoms with van der Waals surface area (Å²) in [5, 5.41) is 0. The van der Waals surface area contributed by atoms with Gasteiger partial charge in [0.05, 0.1) is 11.4 Å². The second-order valence-corrected chi connectivity index (χ2v) is 3.69. The Morgan fingerprint density at radius 2 is 2.29 bits per heavy atom. The molecular formula is C10H14N4. The van der Waals surface area contributed by atoms with Crippen LogP contribution in [0.3, 0.4) is 0 Å². The van der Waals surface area contributed by atoms with Crippen molar-refractivity contribution in [3.63, 3.8) is 0 Å². The van der Waals surface area contributed by atoms with Crippen molar-refractivity contribution in [1.82, 2.24) is 4.90 Å². The first-order valence-corrected chi connectivity index (χ1v) is 4.69.